The molecule has 0 spiro atoms. The van der Waals surface area contributed by atoms with Crippen molar-refractivity contribution in [1.82, 2.24) is 25.5 Å². The van der Waals surface area contributed by atoms with Crippen LogP contribution in [0.3, 0.4) is 0 Å². The van der Waals surface area contributed by atoms with Crippen LogP contribution in [0.2, 0.25) is 0 Å². The van der Waals surface area contributed by atoms with Gasteiger partial charge in [-0.25, -0.2) is 4.98 Å². The smallest absolute Gasteiger partial charge is 0.166 e. The zero-order valence-electron chi connectivity index (χ0n) is 17.6. The molecule has 2 heterocycles. The molecule has 0 aromatic carbocycles. The van der Waals surface area contributed by atoms with E-state index in [1.165, 1.54) is 0 Å². The Bertz CT molecular complexity index is 657. The second-order valence-corrected chi connectivity index (χ2v) is 7.86. The van der Waals surface area contributed by atoms with Gasteiger partial charge in [0.05, 0.1) is 5.75 Å². The van der Waals surface area contributed by atoms with Gasteiger partial charge in [-0.15, -0.1) is 0 Å². The van der Waals surface area contributed by atoms with Gasteiger partial charge in [0.15, 0.2) is 5.11 Å². The molecule has 8 heteroatoms. The van der Waals surface area contributed by atoms with E-state index in [2.05, 4.69) is 38.6 Å². The van der Waals surface area contributed by atoms with E-state index in [1.54, 1.807) is 0 Å². The maximum absolute atomic E-state index is 5.54. The van der Waals surface area contributed by atoms with E-state index in [1.807, 2.05) is 51.1 Å². The van der Waals surface area contributed by atoms with Gasteiger partial charge in [-0.05, 0) is 58.2 Å². The van der Waals surface area contributed by atoms with Gasteiger partial charge in [0.2, 0.25) is 0 Å². The van der Waals surface area contributed by atoms with Crippen molar-refractivity contribution in [3.05, 3.63) is 41.9 Å². The molecule has 2 aromatic heterocycles. The highest BCUT2D eigenvalue weighted by atomic mass is 32.2. The van der Waals surface area contributed by atoms with Crippen molar-refractivity contribution >= 4 is 29.1 Å². The SMILES string of the molecule is CCc1nccn1CCCCNC(=S)NCCSCc1ccc(C)o1.CNC. The summed E-state index contributed by atoms with van der Waals surface area (Å²) in [7, 11) is 3.75. The summed E-state index contributed by atoms with van der Waals surface area (Å²) in [6.07, 6.45) is 7.13. The average Bonchev–Trinajstić information content (AvgIpc) is 3.30. The third kappa shape index (κ3) is 10.7. The quantitative estimate of drug-likeness (QED) is 0.377. The van der Waals surface area contributed by atoms with E-state index < -0.39 is 0 Å². The maximum atomic E-state index is 5.54. The topological polar surface area (TPSA) is 67.0 Å². The van der Waals surface area contributed by atoms with Crippen LogP contribution in [-0.2, 0) is 18.7 Å². The van der Waals surface area contributed by atoms with Crippen LogP contribution >= 0.6 is 24.0 Å². The molecule has 0 saturated heterocycles. The van der Waals surface area contributed by atoms with Gasteiger partial charge in [-0.2, -0.15) is 11.8 Å². The lowest BCUT2D eigenvalue weighted by molar-refractivity contribution is 0.501. The van der Waals surface area contributed by atoms with Crippen LogP contribution in [0.1, 0.15) is 37.1 Å². The molecule has 3 N–H and O–H groups in total. The molecule has 0 radical (unpaired) electrons. The Balaban J connectivity index is 0.00000122. The van der Waals surface area contributed by atoms with Crippen LogP contribution in [0.5, 0.6) is 0 Å². The highest BCUT2D eigenvalue weighted by molar-refractivity contribution is 7.98. The van der Waals surface area contributed by atoms with E-state index in [-0.39, 0.29) is 0 Å². The van der Waals surface area contributed by atoms with Crippen LogP contribution in [-0.4, -0.2) is 47.6 Å². The third-order valence-corrected chi connectivity index (χ3v) is 5.07. The zero-order valence-corrected chi connectivity index (χ0v) is 19.2. The number of hydrogen-bond acceptors (Lipinski definition) is 5. The summed E-state index contributed by atoms with van der Waals surface area (Å²) in [5.41, 5.74) is 0. The van der Waals surface area contributed by atoms with Crippen LogP contribution in [0.25, 0.3) is 0 Å². The second-order valence-electron chi connectivity index (χ2n) is 6.35. The fourth-order valence-electron chi connectivity index (χ4n) is 2.50. The molecular weight excluding hydrogens is 390 g/mol. The third-order valence-electron chi connectivity index (χ3n) is 3.80. The minimum atomic E-state index is 0.742. The largest absolute Gasteiger partial charge is 0.466 e. The molecule has 0 aliphatic rings. The molecule has 2 rings (SSSR count). The molecule has 2 aromatic rings. The minimum Gasteiger partial charge on any atom is -0.466 e. The highest BCUT2D eigenvalue weighted by Gasteiger charge is 2.01. The van der Waals surface area contributed by atoms with Gasteiger partial charge in [-0.3, -0.25) is 0 Å². The molecule has 0 bridgehead atoms. The van der Waals surface area contributed by atoms with Gasteiger partial charge in [0.25, 0.3) is 0 Å². The predicted octanol–water partition coefficient (Wildman–Crippen LogP) is 3.36. The number of nitrogens with one attached hydrogen (secondary N) is 3. The fraction of sp³-hybridized carbons (Fsp3) is 0.600. The van der Waals surface area contributed by atoms with Crippen molar-refractivity contribution in [2.75, 3.05) is 32.9 Å². The van der Waals surface area contributed by atoms with E-state index in [9.17, 15) is 0 Å². The van der Waals surface area contributed by atoms with Crippen molar-refractivity contribution < 1.29 is 4.42 Å². The predicted molar refractivity (Wildman–Crippen MR) is 124 cm³/mol. The maximum Gasteiger partial charge on any atom is 0.166 e. The average molecular weight is 426 g/mol. The van der Waals surface area contributed by atoms with Gasteiger partial charge >= 0.3 is 0 Å². The Morgan fingerprint density at radius 3 is 2.64 bits per heavy atom. The number of rotatable bonds is 11. The van der Waals surface area contributed by atoms with Gasteiger partial charge < -0.3 is 24.9 Å². The summed E-state index contributed by atoms with van der Waals surface area (Å²) in [4.78, 5) is 4.34. The van der Waals surface area contributed by atoms with Crippen LogP contribution in [0.15, 0.2) is 28.9 Å². The van der Waals surface area contributed by atoms with Crippen molar-refractivity contribution in [3.8, 4) is 0 Å². The monoisotopic (exact) mass is 425 g/mol. The van der Waals surface area contributed by atoms with E-state index in [4.69, 9.17) is 16.6 Å². The molecule has 0 aliphatic carbocycles. The lowest BCUT2D eigenvalue weighted by Crippen LogP contribution is -2.37. The lowest BCUT2D eigenvalue weighted by Gasteiger charge is -2.11. The Hall–Kier alpha value is -1.51. The molecule has 0 aliphatic heterocycles. The lowest BCUT2D eigenvalue weighted by atomic mass is 10.3. The van der Waals surface area contributed by atoms with Crippen molar-refractivity contribution in [3.63, 3.8) is 0 Å². The number of imidazole rings is 1. The second kappa shape index (κ2) is 15.4. The Morgan fingerprint density at radius 2 is 1.96 bits per heavy atom. The van der Waals surface area contributed by atoms with Gasteiger partial charge in [0, 0.05) is 44.2 Å². The molecule has 0 saturated carbocycles. The van der Waals surface area contributed by atoms with Crippen molar-refractivity contribution in [2.24, 2.45) is 0 Å². The van der Waals surface area contributed by atoms with E-state index in [0.29, 0.717) is 0 Å². The Morgan fingerprint density at radius 1 is 1.21 bits per heavy atom. The summed E-state index contributed by atoms with van der Waals surface area (Å²) < 4.78 is 7.77. The summed E-state index contributed by atoms with van der Waals surface area (Å²) >= 11 is 7.15. The molecule has 0 atom stereocenters. The molecular formula is C20H35N5OS2. The number of aromatic nitrogens is 2. The number of hydrogen-bond donors (Lipinski definition) is 3. The Labute approximate surface area is 179 Å². The van der Waals surface area contributed by atoms with Crippen molar-refractivity contribution in [1.29, 1.82) is 0 Å². The first kappa shape index (κ1) is 24.5. The zero-order chi connectivity index (χ0) is 20.6. The van der Waals surface area contributed by atoms with E-state index >= 15 is 0 Å². The molecule has 0 unspecified atom stereocenters. The number of unbranched alkanes of at least 4 members (excludes halogenated alkanes) is 1. The molecule has 158 valence electrons. The molecule has 28 heavy (non-hydrogen) atoms. The molecule has 0 fully saturated rings. The summed E-state index contributed by atoms with van der Waals surface area (Å²) in [6, 6.07) is 4.04. The molecule has 0 amide bonds. The number of thioether (sulfide) groups is 1. The van der Waals surface area contributed by atoms with E-state index in [0.717, 1.165) is 72.9 Å². The summed E-state index contributed by atoms with van der Waals surface area (Å²) in [6.45, 7) is 6.90. The van der Waals surface area contributed by atoms with Crippen LogP contribution in [0.4, 0.5) is 0 Å². The first-order chi connectivity index (χ1) is 13.6. The number of furan rings is 1. The summed E-state index contributed by atoms with van der Waals surface area (Å²) in [5.74, 6) is 5.07. The van der Waals surface area contributed by atoms with Crippen LogP contribution in [0, 0.1) is 6.92 Å². The summed E-state index contributed by atoms with van der Waals surface area (Å²) in [5, 5.41) is 10.0. The van der Waals surface area contributed by atoms with Crippen molar-refractivity contribution in [2.45, 2.75) is 45.4 Å². The first-order valence-electron chi connectivity index (χ1n) is 9.83. The number of thiocarbonyl (C=S) groups is 1. The molecule has 6 nitrogen and oxygen atoms in total. The minimum absolute atomic E-state index is 0.742. The first-order valence-corrected chi connectivity index (χ1v) is 11.4. The fourth-order valence-corrected chi connectivity index (χ4v) is 3.45. The standard InChI is InChI=1S/C18H28N4OS2.C2H7N/c1-3-17-19-9-12-22(17)11-5-4-8-20-18(24)21-10-13-25-14-16-7-6-15(2)23-16;1-3-2/h6-7,9,12H,3-5,8,10-11,13-14H2,1-2H3,(H2,20,21,24);3H,1-2H3. The number of nitrogens with zero attached hydrogens (tertiary/aromatic N) is 2. The van der Waals surface area contributed by atoms with Gasteiger partial charge in [0.1, 0.15) is 17.3 Å². The Kier molecular flexibility index (Phi) is 13.5. The highest BCUT2D eigenvalue weighted by Crippen LogP contribution is 2.14. The van der Waals surface area contributed by atoms with Crippen LogP contribution < -0.4 is 16.0 Å². The van der Waals surface area contributed by atoms with Gasteiger partial charge in [-0.1, -0.05) is 6.92 Å². The normalized spacial score (nSPS) is 10.3. The number of aryl methyl sites for hydroxylation is 3.